The minimum atomic E-state index is -0.562. The number of anilines is 3. The summed E-state index contributed by atoms with van der Waals surface area (Å²) in [7, 11) is 0. The van der Waals surface area contributed by atoms with Crippen molar-refractivity contribution in [3.8, 4) is 22.6 Å². The van der Waals surface area contributed by atoms with Crippen LogP contribution in [0.15, 0.2) is 115 Å². The molecule has 40 heavy (non-hydrogen) atoms. The summed E-state index contributed by atoms with van der Waals surface area (Å²) < 4.78 is 33.9. The van der Waals surface area contributed by atoms with E-state index in [4.69, 9.17) is 4.74 Å². The van der Waals surface area contributed by atoms with Crippen LogP contribution in [-0.4, -0.2) is 0 Å². The lowest BCUT2D eigenvalue weighted by molar-refractivity contribution is 0.477. The van der Waals surface area contributed by atoms with Gasteiger partial charge in [0.25, 0.3) is 0 Å². The second kappa shape index (κ2) is 8.78. The average Bonchev–Trinajstić information content (AvgIpc) is 2.96. The van der Waals surface area contributed by atoms with Crippen LogP contribution in [-0.2, 0) is 12.8 Å². The second-order valence-corrected chi connectivity index (χ2v) is 10.5. The molecule has 0 unspecified atom stereocenters. The Labute approximate surface area is 230 Å². The van der Waals surface area contributed by atoms with Gasteiger partial charge < -0.3 is 9.64 Å². The predicted octanol–water partition coefficient (Wildman–Crippen LogP) is 9.86. The Kier molecular flexibility index (Phi) is 5.05. The Morgan fingerprint density at radius 2 is 1.12 bits per heavy atom. The first-order valence-corrected chi connectivity index (χ1v) is 13.4. The van der Waals surface area contributed by atoms with Crippen molar-refractivity contribution < 1.29 is 13.5 Å². The number of halogens is 2. The van der Waals surface area contributed by atoms with E-state index in [9.17, 15) is 8.78 Å². The molecule has 6 aromatic rings. The Morgan fingerprint density at radius 3 is 1.85 bits per heavy atom. The lowest BCUT2D eigenvalue weighted by Crippen LogP contribution is -2.15. The van der Waals surface area contributed by atoms with Crippen LogP contribution in [0.4, 0.5) is 25.8 Å². The molecule has 1 aliphatic carbocycles. The smallest absolute Gasteiger partial charge is 0.151 e. The number of hydrogen-bond donors (Lipinski definition) is 0. The molecule has 2 nitrogen and oxygen atoms in total. The van der Waals surface area contributed by atoms with Gasteiger partial charge in [-0.3, -0.25) is 0 Å². The van der Waals surface area contributed by atoms with Crippen molar-refractivity contribution in [3.63, 3.8) is 0 Å². The standard InChI is InChI=1S/C36H23F2NO/c37-30-18-29(19-31(38)21-30)23-10-9-22-14-27-17-28-20-32(12-11-24(28)15-26(27)16-25(22)13-23)39-33-5-1-3-7-35(33)40-36-8-4-2-6-34(36)39/h1-13,15,17-21H,14,16H2. The zero-order valence-electron chi connectivity index (χ0n) is 21.5. The maximum Gasteiger partial charge on any atom is 0.151 e. The quantitative estimate of drug-likeness (QED) is 0.224. The fraction of sp³-hybridized carbons (Fsp3) is 0.0556. The normalized spacial score (nSPS) is 13.2. The Balaban J connectivity index is 1.18. The topological polar surface area (TPSA) is 12.5 Å². The highest BCUT2D eigenvalue weighted by Gasteiger charge is 2.25. The molecule has 0 bridgehead atoms. The van der Waals surface area contributed by atoms with E-state index in [1.165, 1.54) is 45.2 Å². The number of benzene rings is 6. The average molecular weight is 524 g/mol. The molecule has 4 heteroatoms. The third kappa shape index (κ3) is 3.76. The summed E-state index contributed by atoms with van der Waals surface area (Å²) in [5.74, 6) is 0.549. The highest BCUT2D eigenvalue weighted by Crippen LogP contribution is 2.50. The number of para-hydroxylation sites is 4. The monoisotopic (exact) mass is 523 g/mol. The van der Waals surface area contributed by atoms with E-state index in [1.54, 1.807) is 0 Å². The molecule has 192 valence electrons. The summed E-state index contributed by atoms with van der Waals surface area (Å²) in [6.07, 6.45) is 1.62. The minimum Gasteiger partial charge on any atom is -0.453 e. The molecule has 0 radical (unpaired) electrons. The minimum absolute atomic E-state index is 0.559. The largest absolute Gasteiger partial charge is 0.453 e. The van der Waals surface area contributed by atoms with Crippen LogP contribution in [0, 0.1) is 11.6 Å². The Bertz CT molecular complexity index is 1910. The van der Waals surface area contributed by atoms with Crippen molar-refractivity contribution in [3.05, 3.63) is 149 Å². The van der Waals surface area contributed by atoms with Gasteiger partial charge in [0.15, 0.2) is 11.5 Å². The van der Waals surface area contributed by atoms with Gasteiger partial charge in [0.1, 0.15) is 11.6 Å². The lowest BCUT2D eigenvalue weighted by Gasteiger charge is -2.33. The van der Waals surface area contributed by atoms with Gasteiger partial charge in [-0.1, -0.05) is 60.7 Å². The van der Waals surface area contributed by atoms with Crippen LogP contribution < -0.4 is 9.64 Å². The van der Waals surface area contributed by atoms with Gasteiger partial charge in [-0.25, -0.2) is 8.78 Å². The number of nitrogens with zero attached hydrogens (tertiary/aromatic N) is 1. The van der Waals surface area contributed by atoms with Gasteiger partial charge in [0, 0.05) is 11.8 Å². The van der Waals surface area contributed by atoms with E-state index < -0.39 is 11.6 Å². The zero-order valence-corrected chi connectivity index (χ0v) is 21.5. The fourth-order valence-corrected chi connectivity index (χ4v) is 6.10. The summed E-state index contributed by atoms with van der Waals surface area (Å²) in [6.45, 7) is 0. The van der Waals surface area contributed by atoms with Crippen molar-refractivity contribution >= 4 is 27.8 Å². The molecule has 1 aliphatic heterocycles. The maximum atomic E-state index is 13.8. The van der Waals surface area contributed by atoms with Gasteiger partial charge in [-0.15, -0.1) is 0 Å². The predicted molar refractivity (Wildman–Crippen MR) is 156 cm³/mol. The van der Waals surface area contributed by atoms with E-state index in [0.717, 1.165) is 53.0 Å². The van der Waals surface area contributed by atoms with Crippen LogP contribution in [0.25, 0.3) is 21.9 Å². The number of hydrogen-bond acceptors (Lipinski definition) is 2. The Morgan fingerprint density at radius 1 is 0.500 bits per heavy atom. The molecule has 6 aromatic carbocycles. The first-order chi connectivity index (χ1) is 19.6. The molecule has 0 fully saturated rings. The first-order valence-electron chi connectivity index (χ1n) is 13.4. The van der Waals surface area contributed by atoms with E-state index in [1.807, 2.05) is 42.5 Å². The van der Waals surface area contributed by atoms with E-state index in [0.29, 0.717) is 5.56 Å². The van der Waals surface area contributed by atoms with Crippen molar-refractivity contribution in [1.29, 1.82) is 0 Å². The molecule has 8 rings (SSSR count). The van der Waals surface area contributed by atoms with E-state index in [2.05, 4.69) is 59.5 Å². The Hall–Kier alpha value is -4.96. The number of ether oxygens (including phenoxy) is 1. The number of rotatable bonds is 2. The summed E-state index contributed by atoms with van der Waals surface area (Å²) in [5.41, 5.74) is 9.55. The molecule has 0 N–H and O–H groups in total. The lowest BCUT2D eigenvalue weighted by atomic mass is 9.83. The zero-order chi connectivity index (χ0) is 26.8. The summed E-state index contributed by atoms with van der Waals surface area (Å²) in [4.78, 5) is 2.26. The fourth-order valence-electron chi connectivity index (χ4n) is 6.10. The first kappa shape index (κ1) is 23.0. The highest BCUT2D eigenvalue weighted by molar-refractivity contribution is 5.93. The molecule has 0 spiro atoms. The SMILES string of the molecule is Fc1cc(F)cc(-c2ccc3c(c2)Cc2cc4ccc(N5c6ccccc6Oc6ccccc65)cc4cc2C3)c1. The number of fused-ring (bicyclic) bond motifs is 5. The molecular formula is C36H23F2NO. The van der Waals surface area contributed by atoms with Crippen molar-refractivity contribution in [1.82, 2.24) is 0 Å². The molecule has 0 aromatic heterocycles. The summed E-state index contributed by atoms with van der Waals surface area (Å²) in [5, 5.41) is 2.37. The van der Waals surface area contributed by atoms with Crippen LogP contribution in [0.5, 0.6) is 11.5 Å². The van der Waals surface area contributed by atoms with Crippen LogP contribution in [0.1, 0.15) is 22.3 Å². The van der Waals surface area contributed by atoms with Crippen molar-refractivity contribution in [2.45, 2.75) is 12.8 Å². The van der Waals surface area contributed by atoms with Crippen molar-refractivity contribution in [2.75, 3.05) is 4.90 Å². The van der Waals surface area contributed by atoms with Gasteiger partial charge in [-0.05, 0) is 106 Å². The summed E-state index contributed by atoms with van der Waals surface area (Å²) >= 11 is 0. The molecule has 0 amide bonds. The molecule has 0 saturated heterocycles. The maximum absolute atomic E-state index is 13.8. The second-order valence-electron chi connectivity index (χ2n) is 10.5. The van der Waals surface area contributed by atoms with Gasteiger partial charge in [-0.2, -0.15) is 0 Å². The van der Waals surface area contributed by atoms with Crippen LogP contribution in [0.2, 0.25) is 0 Å². The molecule has 1 heterocycles. The van der Waals surface area contributed by atoms with Crippen LogP contribution in [0.3, 0.4) is 0 Å². The van der Waals surface area contributed by atoms with E-state index in [-0.39, 0.29) is 0 Å². The van der Waals surface area contributed by atoms with Crippen LogP contribution >= 0.6 is 0 Å². The van der Waals surface area contributed by atoms with Gasteiger partial charge >= 0.3 is 0 Å². The van der Waals surface area contributed by atoms with Gasteiger partial charge in [0.05, 0.1) is 11.4 Å². The van der Waals surface area contributed by atoms with Crippen molar-refractivity contribution in [2.24, 2.45) is 0 Å². The molecule has 0 saturated carbocycles. The van der Waals surface area contributed by atoms with E-state index >= 15 is 0 Å². The molecule has 2 aliphatic rings. The highest BCUT2D eigenvalue weighted by atomic mass is 19.1. The third-order valence-electron chi connectivity index (χ3n) is 8.00. The third-order valence-corrected chi connectivity index (χ3v) is 8.00. The molecular weight excluding hydrogens is 500 g/mol. The summed E-state index contributed by atoms with van der Waals surface area (Å²) in [6, 6.07) is 37.3. The van der Waals surface area contributed by atoms with Gasteiger partial charge in [0.2, 0.25) is 0 Å². The molecule has 0 atom stereocenters.